The first kappa shape index (κ1) is 9.42. The number of rotatable bonds is 1. The molecule has 0 saturated heterocycles. The summed E-state index contributed by atoms with van der Waals surface area (Å²) in [4.78, 5) is 17.5. The molecule has 0 atom stereocenters. The first-order chi connectivity index (χ1) is 4.33. The van der Waals surface area contributed by atoms with Crippen LogP contribution in [0.4, 0.5) is 0 Å². The van der Waals surface area contributed by atoms with Gasteiger partial charge in [0.1, 0.15) is 0 Å². The Labute approximate surface area is 58.6 Å². The first-order valence-electron chi connectivity index (χ1n) is 2.29. The van der Waals surface area contributed by atoms with Crippen LogP contribution in [0.3, 0.4) is 0 Å². The second kappa shape index (κ2) is 3.01. The molecule has 0 aliphatic heterocycles. The second-order valence-corrected chi connectivity index (χ2v) is 3.01. The fourth-order valence-electron chi connectivity index (χ4n) is 0.223. The van der Waals surface area contributed by atoms with Crippen molar-refractivity contribution in [2.45, 2.75) is 0 Å². The van der Waals surface area contributed by atoms with E-state index in [1.54, 1.807) is 5.09 Å². The lowest BCUT2D eigenvalue weighted by atomic mass is 10.8. The van der Waals surface area contributed by atoms with Crippen LogP contribution in [0.25, 0.3) is 0 Å². The smallest absolute Gasteiger partial charge is 0.344 e. The quantitative estimate of drug-likeness (QED) is 0.235. The predicted molar refractivity (Wildman–Crippen MR) is 36.0 cm³/mol. The van der Waals surface area contributed by atoms with E-state index in [-0.39, 0.29) is 0 Å². The third-order valence-corrected chi connectivity index (χ3v) is 1.14. The van der Waals surface area contributed by atoms with Crippen LogP contribution in [-0.2, 0) is 4.57 Å². The van der Waals surface area contributed by atoms with Gasteiger partial charge >= 0.3 is 7.75 Å². The molecule has 4 N–H and O–H groups in total. The monoisotopic (exact) mass is 166 g/mol. The van der Waals surface area contributed by atoms with E-state index in [9.17, 15) is 4.57 Å². The molecule has 7 heteroatoms. The summed E-state index contributed by atoms with van der Waals surface area (Å²) >= 11 is 0. The summed E-state index contributed by atoms with van der Waals surface area (Å²) in [5.74, 6) is -0.423. The highest BCUT2D eigenvalue weighted by atomic mass is 31.2. The lowest BCUT2D eigenvalue weighted by molar-refractivity contribution is 0.365. The summed E-state index contributed by atoms with van der Waals surface area (Å²) in [5.41, 5.74) is 0. The highest BCUT2D eigenvalue weighted by Crippen LogP contribution is 2.27. The standard InChI is InChI=1S/C3H9N3O3P/c1-6(2)3(4)5-10(7,8)9/h1H2,2H3,(H4,4,5,7,8,9). The zero-order valence-corrected chi connectivity index (χ0v) is 6.30. The fraction of sp³-hybridized carbons (Fsp3) is 0.333. The van der Waals surface area contributed by atoms with Gasteiger partial charge in [-0.1, -0.05) is 0 Å². The van der Waals surface area contributed by atoms with Crippen molar-refractivity contribution >= 4 is 13.7 Å². The molecule has 0 aromatic heterocycles. The van der Waals surface area contributed by atoms with Gasteiger partial charge in [0.25, 0.3) is 0 Å². The maximum atomic E-state index is 10.1. The van der Waals surface area contributed by atoms with Gasteiger partial charge in [0.2, 0.25) is 0 Å². The van der Waals surface area contributed by atoms with Crippen molar-refractivity contribution in [2.75, 3.05) is 7.05 Å². The average Bonchev–Trinajstić information content (AvgIpc) is 1.60. The third kappa shape index (κ3) is 4.31. The molecule has 1 radical (unpaired) electrons. The minimum atomic E-state index is -4.33. The molecule has 0 aliphatic rings. The van der Waals surface area contributed by atoms with Crippen molar-refractivity contribution < 1.29 is 14.4 Å². The molecule has 0 aromatic carbocycles. The Balaban J connectivity index is 3.94. The fourth-order valence-corrected chi connectivity index (χ4v) is 0.670. The normalized spacial score (nSPS) is 10.8. The topological polar surface area (TPSA) is 96.7 Å². The highest BCUT2D eigenvalue weighted by molar-refractivity contribution is 7.50. The zero-order chi connectivity index (χ0) is 8.36. The minimum Gasteiger partial charge on any atom is -0.344 e. The van der Waals surface area contributed by atoms with E-state index >= 15 is 0 Å². The molecule has 0 saturated carbocycles. The van der Waals surface area contributed by atoms with E-state index in [0.29, 0.717) is 0 Å². The van der Waals surface area contributed by atoms with Gasteiger partial charge in [0.05, 0.1) is 0 Å². The highest BCUT2D eigenvalue weighted by Gasteiger charge is 2.14. The third-order valence-electron chi connectivity index (χ3n) is 0.633. The lowest BCUT2D eigenvalue weighted by Crippen LogP contribution is -2.31. The van der Waals surface area contributed by atoms with E-state index in [0.717, 1.165) is 4.90 Å². The van der Waals surface area contributed by atoms with Crippen molar-refractivity contribution in [2.24, 2.45) is 0 Å². The van der Waals surface area contributed by atoms with Gasteiger partial charge in [-0.15, -0.1) is 0 Å². The summed E-state index contributed by atoms with van der Waals surface area (Å²) in [6, 6.07) is 0. The van der Waals surface area contributed by atoms with Gasteiger partial charge in [-0.25, -0.2) is 4.57 Å². The Morgan fingerprint density at radius 2 is 2.20 bits per heavy atom. The van der Waals surface area contributed by atoms with Crippen LogP contribution in [0.15, 0.2) is 0 Å². The number of nitrogens with zero attached hydrogens (tertiary/aromatic N) is 1. The number of hydrogen-bond acceptors (Lipinski definition) is 2. The first-order valence-corrected chi connectivity index (χ1v) is 3.91. The van der Waals surface area contributed by atoms with Crippen LogP contribution >= 0.6 is 7.75 Å². The van der Waals surface area contributed by atoms with Crippen LogP contribution in [0, 0.1) is 12.5 Å². The zero-order valence-electron chi connectivity index (χ0n) is 5.40. The largest absolute Gasteiger partial charge is 0.429 e. The summed E-state index contributed by atoms with van der Waals surface area (Å²) < 4.78 is 10.1. The Bertz CT molecular complexity index is 174. The van der Waals surface area contributed by atoms with E-state index in [1.807, 2.05) is 0 Å². The SMILES string of the molecule is [CH2]N(C)C(=N)NP(=O)(O)O. The maximum absolute atomic E-state index is 10.1. The van der Waals surface area contributed by atoms with E-state index in [4.69, 9.17) is 15.2 Å². The molecule has 0 aliphatic carbocycles. The molecule has 10 heavy (non-hydrogen) atoms. The van der Waals surface area contributed by atoms with Crippen molar-refractivity contribution in [3.63, 3.8) is 0 Å². The molecular weight excluding hydrogens is 157 g/mol. The Hall–Kier alpha value is -0.580. The van der Waals surface area contributed by atoms with Crippen molar-refractivity contribution in [1.82, 2.24) is 9.99 Å². The van der Waals surface area contributed by atoms with Gasteiger partial charge in [0, 0.05) is 14.1 Å². The molecule has 0 spiro atoms. The van der Waals surface area contributed by atoms with Crippen LogP contribution in [0.1, 0.15) is 0 Å². The van der Waals surface area contributed by atoms with Crippen molar-refractivity contribution in [1.29, 1.82) is 5.41 Å². The predicted octanol–water partition coefficient (Wildman–Crippen LogP) is -0.673. The second-order valence-electron chi connectivity index (χ2n) is 1.70. The molecule has 6 nitrogen and oxygen atoms in total. The van der Waals surface area contributed by atoms with Crippen LogP contribution in [0.5, 0.6) is 0 Å². The summed E-state index contributed by atoms with van der Waals surface area (Å²) in [6.07, 6.45) is 0. The Morgan fingerprint density at radius 3 is 2.30 bits per heavy atom. The molecule has 0 amide bonds. The van der Waals surface area contributed by atoms with Gasteiger partial charge in [0.15, 0.2) is 5.96 Å². The number of guanidine groups is 1. The molecule has 0 unspecified atom stereocenters. The summed E-state index contributed by atoms with van der Waals surface area (Å²) in [6.45, 7) is 0. The van der Waals surface area contributed by atoms with Gasteiger partial charge in [-0.3, -0.25) is 10.5 Å². The summed E-state index contributed by atoms with van der Waals surface area (Å²) in [7, 11) is 0.287. The van der Waals surface area contributed by atoms with E-state index < -0.39 is 13.7 Å². The molecular formula is C3H9N3O3P. The van der Waals surface area contributed by atoms with Crippen molar-refractivity contribution in [3.8, 4) is 0 Å². The van der Waals surface area contributed by atoms with Crippen molar-refractivity contribution in [3.05, 3.63) is 7.05 Å². The van der Waals surface area contributed by atoms with E-state index in [2.05, 4.69) is 7.05 Å². The van der Waals surface area contributed by atoms with E-state index in [1.165, 1.54) is 7.05 Å². The minimum absolute atomic E-state index is 0.423. The molecule has 0 rings (SSSR count). The van der Waals surface area contributed by atoms with Crippen LogP contribution in [0.2, 0.25) is 0 Å². The molecule has 0 fully saturated rings. The maximum Gasteiger partial charge on any atom is 0.429 e. The average molecular weight is 166 g/mol. The van der Waals surface area contributed by atoms with Crippen LogP contribution in [-0.4, -0.2) is 27.7 Å². The number of nitrogens with one attached hydrogen (secondary N) is 2. The summed E-state index contributed by atoms with van der Waals surface area (Å²) in [5, 5.41) is 8.49. The Morgan fingerprint density at radius 1 is 1.80 bits per heavy atom. The van der Waals surface area contributed by atoms with Gasteiger partial charge in [-0.2, -0.15) is 0 Å². The lowest BCUT2D eigenvalue weighted by Gasteiger charge is -2.14. The van der Waals surface area contributed by atoms with Gasteiger partial charge in [-0.05, 0) is 0 Å². The van der Waals surface area contributed by atoms with Gasteiger partial charge < -0.3 is 14.7 Å². The van der Waals surface area contributed by atoms with Crippen LogP contribution < -0.4 is 5.09 Å². The molecule has 0 heterocycles. The molecule has 59 valence electrons. The Kier molecular flexibility index (Phi) is 2.83. The number of hydrogen-bond donors (Lipinski definition) is 4. The molecule has 0 bridgehead atoms. The molecule has 0 aromatic rings.